The summed E-state index contributed by atoms with van der Waals surface area (Å²) in [4.78, 5) is 20.8. The smallest absolute Gasteiger partial charge is 0.253 e. The van der Waals surface area contributed by atoms with Crippen molar-refractivity contribution in [2.75, 3.05) is 31.1 Å². The minimum absolute atomic E-state index is 0.0499. The Morgan fingerprint density at radius 3 is 2.50 bits per heavy atom. The van der Waals surface area contributed by atoms with E-state index in [9.17, 15) is 9.18 Å². The molecule has 2 heterocycles. The summed E-state index contributed by atoms with van der Waals surface area (Å²) in [5.41, 5.74) is 0.527. The average molecular weight is 320 g/mol. The highest BCUT2D eigenvalue weighted by molar-refractivity contribution is 7.09. The number of aryl methyl sites for hydroxylation is 1. The second-order valence-electron chi connectivity index (χ2n) is 5.13. The minimum Gasteiger partial charge on any atom is -0.343 e. The zero-order valence-electron chi connectivity index (χ0n) is 12.3. The average Bonchev–Trinajstić information content (AvgIpc) is 3.04. The first kappa shape index (κ1) is 14.9. The number of nitrogens with zero attached hydrogens (tertiary/aromatic N) is 4. The molecule has 116 valence electrons. The summed E-state index contributed by atoms with van der Waals surface area (Å²) in [5, 5.41) is 0.922. The Morgan fingerprint density at radius 1 is 1.23 bits per heavy atom. The Bertz CT molecular complexity index is 650. The van der Waals surface area contributed by atoms with E-state index in [0.717, 1.165) is 30.5 Å². The first-order valence-electron chi connectivity index (χ1n) is 7.29. The number of piperazine rings is 1. The van der Waals surface area contributed by atoms with Crippen LogP contribution in [-0.4, -0.2) is 46.3 Å². The fourth-order valence-electron chi connectivity index (χ4n) is 2.39. The maximum atomic E-state index is 12.9. The SMILES string of the molecule is CCc1nsc(N2CCN(C(=O)c3ccc(F)cc3)CC2)n1. The summed E-state index contributed by atoms with van der Waals surface area (Å²) in [7, 11) is 0. The Labute approximate surface area is 132 Å². The van der Waals surface area contributed by atoms with Crippen molar-refractivity contribution < 1.29 is 9.18 Å². The molecule has 2 aromatic rings. The van der Waals surface area contributed by atoms with Crippen molar-refractivity contribution in [1.29, 1.82) is 0 Å². The lowest BCUT2D eigenvalue weighted by Gasteiger charge is -2.34. The Balaban J connectivity index is 1.61. The highest BCUT2D eigenvalue weighted by Gasteiger charge is 2.23. The van der Waals surface area contributed by atoms with Gasteiger partial charge in [-0.3, -0.25) is 4.79 Å². The summed E-state index contributed by atoms with van der Waals surface area (Å²) >= 11 is 1.41. The zero-order chi connectivity index (χ0) is 15.5. The Kier molecular flexibility index (Phi) is 4.33. The number of carbonyl (C=O) groups is 1. The molecular weight excluding hydrogens is 303 g/mol. The first-order chi connectivity index (χ1) is 10.7. The third-order valence-electron chi connectivity index (χ3n) is 3.70. The zero-order valence-corrected chi connectivity index (χ0v) is 13.1. The second kappa shape index (κ2) is 6.39. The minimum atomic E-state index is -0.329. The number of rotatable bonds is 3. The van der Waals surface area contributed by atoms with Crippen LogP contribution in [0.15, 0.2) is 24.3 Å². The molecule has 5 nitrogen and oxygen atoms in total. The third-order valence-corrected chi connectivity index (χ3v) is 4.52. The van der Waals surface area contributed by atoms with E-state index >= 15 is 0 Å². The number of aromatic nitrogens is 2. The van der Waals surface area contributed by atoms with Gasteiger partial charge in [0.2, 0.25) is 5.13 Å². The monoisotopic (exact) mass is 320 g/mol. The topological polar surface area (TPSA) is 49.3 Å². The van der Waals surface area contributed by atoms with Crippen LogP contribution in [0.4, 0.5) is 9.52 Å². The maximum Gasteiger partial charge on any atom is 0.253 e. The van der Waals surface area contributed by atoms with Gasteiger partial charge in [0, 0.05) is 49.7 Å². The van der Waals surface area contributed by atoms with Crippen molar-refractivity contribution in [3.8, 4) is 0 Å². The van der Waals surface area contributed by atoms with Gasteiger partial charge in [0.05, 0.1) is 0 Å². The van der Waals surface area contributed by atoms with Crippen molar-refractivity contribution in [2.45, 2.75) is 13.3 Å². The lowest BCUT2D eigenvalue weighted by Crippen LogP contribution is -2.48. The van der Waals surface area contributed by atoms with Gasteiger partial charge in [0.15, 0.2) is 0 Å². The Morgan fingerprint density at radius 2 is 1.91 bits per heavy atom. The normalized spacial score (nSPS) is 15.2. The predicted molar refractivity (Wildman–Crippen MR) is 83.8 cm³/mol. The van der Waals surface area contributed by atoms with Crippen molar-refractivity contribution in [2.24, 2.45) is 0 Å². The largest absolute Gasteiger partial charge is 0.343 e. The summed E-state index contributed by atoms with van der Waals surface area (Å²) in [6.45, 7) is 4.79. The lowest BCUT2D eigenvalue weighted by atomic mass is 10.2. The molecular formula is C15H17FN4OS. The van der Waals surface area contributed by atoms with E-state index in [0.29, 0.717) is 18.7 Å². The number of hydrogen-bond acceptors (Lipinski definition) is 5. The number of anilines is 1. The number of amides is 1. The third kappa shape index (κ3) is 3.09. The van der Waals surface area contributed by atoms with E-state index in [1.807, 2.05) is 6.92 Å². The van der Waals surface area contributed by atoms with Crippen LogP contribution in [0, 0.1) is 5.82 Å². The summed E-state index contributed by atoms with van der Waals surface area (Å²) < 4.78 is 17.2. The van der Waals surface area contributed by atoms with Crippen LogP contribution in [0.2, 0.25) is 0 Å². The summed E-state index contributed by atoms with van der Waals surface area (Å²) in [5.74, 6) is 0.486. The lowest BCUT2D eigenvalue weighted by molar-refractivity contribution is 0.0746. The molecule has 1 amide bonds. The molecule has 0 atom stereocenters. The van der Waals surface area contributed by atoms with Crippen LogP contribution in [0.1, 0.15) is 23.1 Å². The van der Waals surface area contributed by atoms with Gasteiger partial charge in [-0.15, -0.1) is 0 Å². The molecule has 1 aromatic carbocycles. The van der Waals surface area contributed by atoms with E-state index in [-0.39, 0.29) is 11.7 Å². The van der Waals surface area contributed by atoms with Crippen LogP contribution < -0.4 is 4.90 Å². The fourth-order valence-corrected chi connectivity index (χ4v) is 3.19. The molecule has 0 spiro atoms. The Hall–Kier alpha value is -2.02. The fraction of sp³-hybridized carbons (Fsp3) is 0.400. The van der Waals surface area contributed by atoms with Gasteiger partial charge in [-0.2, -0.15) is 4.37 Å². The first-order valence-corrected chi connectivity index (χ1v) is 8.07. The molecule has 7 heteroatoms. The van der Waals surface area contributed by atoms with Crippen molar-refractivity contribution >= 4 is 22.6 Å². The van der Waals surface area contributed by atoms with Gasteiger partial charge in [0.1, 0.15) is 11.6 Å². The quantitative estimate of drug-likeness (QED) is 0.870. The van der Waals surface area contributed by atoms with Crippen molar-refractivity contribution in [1.82, 2.24) is 14.3 Å². The van der Waals surface area contributed by atoms with Gasteiger partial charge < -0.3 is 9.80 Å². The molecule has 0 saturated carbocycles. The highest BCUT2D eigenvalue weighted by Crippen LogP contribution is 2.20. The second-order valence-corrected chi connectivity index (χ2v) is 5.86. The molecule has 1 fully saturated rings. The standard InChI is InChI=1S/C15H17FN4OS/c1-2-13-17-15(22-18-13)20-9-7-19(8-10-20)14(21)11-3-5-12(16)6-4-11/h3-6H,2,7-10H2,1H3. The number of hydrogen-bond donors (Lipinski definition) is 0. The number of benzene rings is 1. The number of halogens is 1. The molecule has 0 unspecified atom stereocenters. The molecule has 0 aliphatic carbocycles. The molecule has 3 rings (SSSR count). The van der Waals surface area contributed by atoms with Gasteiger partial charge >= 0.3 is 0 Å². The van der Waals surface area contributed by atoms with Crippen LogP contribution in [0.5, 0.6) is 0 Å². The molecule has 0 radical (unpaired) electrons. The highest BCUT2D eigenvalue weighted by atomic mass is 32.1. The molecule has 1 aliphatic heterocycles. The number of carbonyl (C=O) groups excluding carboxylic acids is 1. The summed E-state index contributed by atoms with van der Waals surface area (Å²) in [6, 6.07) is 5.69. The molecule has 1 aliphatic rings. The van der Waals surface area contributed by atoms with E-state index in [2.05, 4.69) is 14.3 Å². The maximum absolute atomic E-state index is 12.9. The predicted octanol–water partition coefficient (Wildman–Crippen LogP) is 2.20. The summed E-state index contributed by atoms with van der Waals surface area (Å²) in [6.07, 6.45) is 0.833. The molecule has 0 bridgehead atoms. The van der Waals surface area contributed by atoms with E-state index in [1.54, 1.807) is 4.90 Å². The van der Waals surface area contributed by atoms with Crippen LogP contribution in [0.3, 0.4) is 0 Å². The van der Waals surface area contributed by atoms with Crippen LogP contribution >= 0.6 is 11.5 Å². The molecule has 0 N–H and O–H groups in total. The van der Waals surface area contributed by atoms with Gasteiger partial charge in [-0.05, 0) is 24.3 Å². The molecule has 1 aromatic heterocycles. The molecule has 22 heavy (non-hydrogen) atoms. The van der Waals surface area contributed by atoms with E-state index < -0.39 is 0 Å². The van der Waals surface area contributed by atoms with Gasteiger partial charge in [-0.1, -0.05) is 6.92 Å². The van der Waals surface area contributed by atoms with Gasteiger partial charge in [0.25, 0.3) is 5.91 Å². The van der Waals surface area contributed by atoms with Crippen molar-refractivity contribution in [3.05, 3.63) is 41.5 Å². The van der Waals surface area contributed by atoms with Crippen LogP contribution in [-0.2, 0) is 6.42 Å². The van der Waals surface area contributed by atoms with Crippen LogP contribution in [0.25, 0.3) is 0 Å². The van der Waals surface area contributed by atoms with Crippen molar-refractivity contribution in [3.63, 3.8) is 0 Å². The van der Waals surface area contributed by atoms with E-state index in [1.165, 1.54) is 35.8 Å². The van der Waals surface area contributed by atoms with Gasteiger partial charge in [-0.25, -0.2) is 9.37 Å². The molecule has 1 saturated heterocycles. The van der Waals surface area contributed by atoms with E-state index in [4.69, 9.17) is 0 Å².